The molecule has 0 aliphatic carbocycles. The first-order valence-electron chi connectivity index (χ1n) is 11.2. The van der Waals surface area contributed by atoms with Gasteiger partial charge in [0.15, 0.2) is 6.10 Å². The van der Waals surface area contributed by atoms with Crippen molar-refractivity contribution in [2.45, 2.75) is 57.6 Å². The minimum atomic E-state index is -5.04. The number of aliphatic hydroxyl groups excluding tert-OH is 1. The zero-order valence-corrected chi connectivity index (χ0v) is 23.0. The van der Waals surface area contributed by atoms with E-state index in [1.54, 1.807) is 10.9 Å². The highest BCUT2D eigenvalue weighted by Gasteiger charge is 2.54. The van der Waals surface area contributed by atoms with E-state index in [4.69, 9.17) is 20.0 Å². The van der Waals surface area contributed by atoms with Crippen molar-refractivity contribution in [2.24, 2.45) is 0 Å². The summed E-state index contributed by atoms with van der Waals surface area (Å²) in [5.41, 5.74) is -5.43. The predicted molar refractivity (Wildman–Crippen MR) is 128 cm³/mol. The first-order chi connectivity index (χ1) is 18.5. The predicted octanol–water partition coefficient (Wildman–Crippen LogP) is 0.684. The first-order valence-corrected chi connectivity index (χ1v) is 12.6. The highest BCUT2D eigenvalue weighted by atomic mass is 31.2. The number of nitrogens with one attached hydrogen (secondary N) is 1. The highest BCUT2D eigenvalue weighted by molar-refractivity contribution is 7.48. The quantitative estimate of drug-likeness (QED) is 0.109. The number of nitrogens with zero attached hydrogens (tertiary/aromatic N) is 1. The van der Waals surface area contributed by atoms with Gasteiger partial charge in [0.2, 0.25) is 19.3 Å². The zero-order chi connectivity index (χ0) is 30.7. The number of H-pyrrole nitrogens is 1. The van der Waals surface area contributed by atoms with Gasteiger partial charge in [-0.05, 0) is 33.6 Å². The lowest BCUT2D eigenvalue weighted by molar-refractivity contribution is -0.263. The van der Waals surface area contributed by atoms with Gasteiger partial charge < -0.3 is 33.9 Å². The summed E-state index contributed by atoms with van der Waals surface area (Å²) in [5, 5.41) is 21.4. The first kappa shape index (κ1) is 34.7. The third kappa shape index (κ3) is 10.0. The molecular weight excluding hydrogens is 570 g/mol. The molecule has 0 saturated carbocycles. The number of halogens is 1. The summed E-state index contributed by atoms with van der Waals surface area (Å²) in [7, 11) is -4.36. The van der Waals surface area contributed by atoms with E-state index in [9.17, 15) is 34.0 Å². The topological polar surface area (TPSA) is 220 Å². The molecule has 19 heteroatoms. The fourth-order valence-electron chi connectivity index (χ4n) is 2.53. The number of aliphatic hydroxyl groups is 2. The largest absolute Gasteiger partial charge is 0.510 e. The second kappa shape index (κ2) is 14.9. The van der Waals surface area contributed by atoms with Gasteiger partial charge in [-0.3, -0.25) is 18.9 Å². The Labute approximate surface area is 226 Å². The summed E-state index contributed by atoms with van der Waals surface area (Å²) in [5.74, 6) is -1.95. The van der Waals surface area contributed by atoms with Gasteiger partial charge in [-0.15, -0.1) is 6.42 Å². The maximum Gasteiger partial charge on any atom is 0.510 e. The van der Waals surface area contributed by atoms with Crippen molar-refractivity contribution in [2.75, 3.05) is 27.3 Å². The molecule has 0 aliphatic rings. The van der Waals surface area contributed by atoms with Crippen molar-refractivity contribution in [1.29, 1.82) is 0 Å². The number of alkyl halides is 1. The lowest BCUT2D eigenvalue weighted by Crippen LogP contribution is -2.60. The van der Waals surface area contributed by atoms with Gasteiger partial charge in [0.05, 0.1) is 12.2 Å². The zero-order valence-electron chi connectivity index (χ0n) is 22.1. The second-order valence-electron chi connectivity index (χ2n) is 8.08. The van der Waals surface area contributed by atoms with E-state index in [-0.39, 0.29) is 4.57 Å². The molecule has 1 aromatic heterocycles. The molecule has 3 atom stereocenters. The summed E-state index contributed by atoms with van der Waals surface area (Å²) < 4.78 is 66.3. The van der Waals surface area contributed by atoms with Gasteiger partial charge >= 0.3 is 25.8 Å². The molecule has 0 saturated heterocycles. The molecule has 0 aliphatic heterocycles. The van der Waals surface area contributed by atoms with Crippen LogP contribution < -0.4 is 11.2 Å². The SMILES string of the molecule is C#C[C@@](O)([C@H](O)[C@@](F)(COP(=O)(OCOC(=O)OC(C)C)OCOC(=O)OC(C)C)OC)n1ccc(=O)[nH]c1=O. The van der Waals surface area contributed by atoms with E-state index in [0.717, 1.165) is 6.07 Å². The number of hydrogen-bond donors (Lipinski definition) is 3. The second-order valence-corrected chi connectivity index (χ2v) is 9.75. The number of carbonyl (C=O) groups is 2. The van der Waals surface area contributed by atoms with Gasteiger partial charge in [-0.2, -0.15) is 0 Å². The summed E-state index contributed by atoms with van der Waals surface area (Å²) in [4.78, 5) is 48.3. The number of phosphoric acid groups is 1. The molecule has 226 valence electrons. The van der Waals surface area contributed by atoms with Crippen LogP contribution in [0.5, 0.6) is 0 Å². The van der Waals surface area contributed by atoms with Crippen molar-refractivity contribution in [3.63, 3.8) is 0 Å². The van der Waals surface area contributed by atoms with E-state index in [0.29, 0.717) is 13.3 Å². The molecule has 0 radical (unpaired) electrons. The number of hydrogen-bond acceptors (Lipinski definition) is 15. The van der Waals surface area contributed by atoms with Crippen LogP contribution in [0, 0.1) is 12.3 Å². The van der Waals surface area contributed by atoms with Crippen molar-refractivity contribution in [3.8, 4) is 12.3 Å². The molecule has 1 heterocycles. The molecule has 3 N–H and O–H groups in total. The Morgan fingerprint density at radius 3 is 2.00 bits per heavy atom. The molecule has 0 fully saturated rings. The average molecular weight is 600 g/mol. The Balaban J connectivity index is 3.15. The summed E-state index contributed by atoms with van der Waals surface area (Å²) in [6.45, 7) is 2.14. The number of aromatic nitrogens is 2. The monoisotopic (exact) mass is 600 g/mol. The Hall–Kier alpha value is -3.30. The lowest BCUT2D eigenvalue weighted by atomic mass is 10.00. The van der Waals surface area contributed by atoms with Crippen molar-refractivity contribution in [1.82, 2.24) is 9.55 Å². The van der Waals surface area contributed by atoms with Crippen LogP contribution in [0.1, 0.15) is 27.7 Å². The van der Waals surface area contributed by atoms with Crippen LogP contribution in [0.2, 0.25) is 0 Å². The molecule has 0 aromatic carbocycles. The van der Waals surface area contributed by atoms with Crippen molar-refractivity contribution in [3.05, 3.63) is 33.1 Å². The lowest BCUT2D eigenvalue weighted by Gasteiger charge is -2.37. The van der Waals surface area contributed by atoms with Crippen LogP contribution in [0.4, 0.5) is 14.0 Å². The van der Waals surface area contributed by atoms with E-state index in [1.165, 1.54) is 27.7 Å². The standard InChI is InChI=1S/C21H30FN2O15P/c1-7-21(30,24-9-8-15(25)23-17(24)27)16(26)20(22,32-6)10-35-40(31,36-11-33-18(28)38-13(2)3)37-12-34-19(29)39-14(4)5/h1,8-9,13-14,16,26,30H,10-12H2,2-6H3,(H,23,25,27)/t16-,20-,21-/m1/s1. The normalized spacial score (nSPS) is 15.4. The minimum absolute atomic E-state index is 0.210. The van der Waals surface area contributed by atoms with E-state index in [1.807, 2.05) is 0 Å². The third-order valence-electron chi connectivity index (χ3n) is 4.39. The molecule has 0 spiro atoms. The van der Waals surface area contributed by atoms with E-state index < -0.39 is 81.5 Å². The fraction of sp³-hybridized carbons (Fsp3) is 0.619. The molecule has 1 rings (SSSR count). The van der Waals surface area contributed by atoms with Gasteiger partial charge in [-0.25, -0.2) is 32.4 Å². The Morgan fingerprint density at radius 1 is 1.10 bits per heavy atom. The Bertz CT molecular complexity index is 1180. The van der Waals surface area contributed by atoms with Crippen LogP contribution >= 0.6 is 7.82 Å². The number of methoxy groups -OCH3 is 1. The fourth-order valence-corrected chi connectivity index (χ4v) is 3.45. The number of rotatable bonds is 15. The molecular formula is C21H30FN2O15P. The smallest absolute Gasteiger partial charge is 0.432 e. The van der Waals surface area contributed by atoms with Crippen LogP contribution in [-0.4, -0.2) is 83.5 Å². The van der Waals surface area contributed by atoms with Crippen LogP contribution in [-0.2, 0) is 47.5 Å². The van der Waals surface area contributed by atoms with E-state index in [2.05, 4.69) is 23.7 Å². The average Bonchev–Trinajstić information content (AvgIpc) is 2.85. The molecule has 0 bridgehead atoms. The molecule has 0 unspecified atom stereocenters. The summed E-state index contributed by atoms with van der Waals surface area (Å²) >= 11 is 0. The Morgan fingerprint density at radius 2 is 1.60 bits per heavy atom. The number of ether oxygens (including phenoxy) is 5. The molecule has 1 aromatic rings. The van der Waals surface area contributed by atoms with E-state index >= 15 is 4.39 Å². The van der Waals surface area contributed by atoms with Crippen LogP contribution in [0.15, 0.2) is 21.9 Å². The van der Waals surface area contributed by atoms with Crippen LogP contribution in [0.25, 0.3) is 0 Å². The number of carbonyl (C=O) groups excluding carboxylic acids is 2. The third-order valence-corrected chi connectivity index (χ3v) is 5.68. The summed E-state index contributed by atoms with van der Waals surface area (Å²) in [6, 6.07) is 0.740. The summed E-state index contributed by atoms with van der Waals surface area (Å²) in [6.07, 6.45) is -0.644. The van der Waals surface area contributed by atoms with Gasteiger partial charge in [0.25, 0.3) is 11.4 Å². The number of phosphoric ester groups is 1. The van der Waals surface area contributed by atoms with Gasteiger partial charge in [-0.1, -0.05) is 0 Å². The van der Waals surface area contributed by atoms with Gasteiger partial charge in [0, 0.05) is 19.4 Å². The Kier molecular flexibility index (Phi) is 12.9. The molecule has 17 nitrogen and oxygen atoms in total. The molecule has 0 amide bonds. The number of aromatic amines is 1. The minimum Gasteiger partial charge on any atom is -0.432 e. The maximum absolute atomic E-state index is 15.7. The highest BCUT2D eigenvalue weighted by Crippen LogP contribution is 2.50. The number of terminal acetylenes is 1. The van der Waals surface area contributed by atoms with Crippen molar-refractivity contribution >= 4 is 20.1 Å². The molecule has 40 heavy (non-hydrogen) atoms. The maximum atomic E-state index is 15.7. The van der Waals surface area contributed by atoms with Crippen molar-refractivity contribution < 1.29 is 66.0 Å². The van der Waals surface area contributed by atoms with Crippen LogP contribution in [0.3, 0.4) is 0 Å². The van der Waals surface area contributed by atoms with Gasteiger partial charge in [0.1, 0.15) is 6.61 Å².